The Bertz CT molecular complexity index is 1730. The summed E-state index contributed by atoms with van der Waals surface area (Å²) in [5.74, 6) is -0.571. The molecule has 2 aliphatic rings. The van der Waals surface area contributed by atoms with Crippen LogP contribution in [0, 0.1) is 5.41 Å². The summed E-state index contributed by atoms with van der Waals surface area (Å²) in [6, 6.07) is 15.6. The first-order chi connectivity index (χ1) is 21.7. The number of nitrogens with two attached hydrogens (primary N) is 1. The maximum Gasteiger partial charge on any atom is 0.324 e. The average molecular weight is 610 g/mol. The molecule has 6 rings (SSSR count). The number of hydrogen-bond acceptors (Lipinski definition) is 7. The van der Waals surface area contributed by atoms with Gasteiger partial charge in [0.1, 0.15) is 6.04 Å². The first kappa shape index (κ1) is 31.0. The van der Waals surface area contributed by atoms with E-state index in [0.29, 0.717) is 38.8 Å². The van der Waals surface area contributed by atoms with Crippen LogP contribution in [0.15, 0.2) is 60.9 Å². The molecule has 2 aromatic carbocycles. The standard InChI is InChI=1S/C36H43N5O4/c1-5-40-32-12-11-25-18-27(32)28(33(40)29-20-38-14-13-26(29)21-44-4)19-36(2,3)22-45-35(43)31-10-7-15-41(39-31)34(42)30(37)17-23-8-6-9-24(25)16-23/h6,8-9,11-14,16,18,20,30-31,39H,5,7,10,15,17,19,21-22,37H2,1-4H3/t30-,31-/m0/s1. The minimum Gasteiger partial charge on any atom is -0.464 e. The molecule has 1 saturated heterocycles. The molecule has 0 saturated carbocycles. The van der Waals surface area contributed by atoms with Crippen molar-refractivity contribution in [3.63, 3.8) is 0 Å². The fourth-order valence-electron chi connectivity index (χ4n) is 6.77. The molecule has 0 spiro atoms. The number of nitrogens with one attached hydrogen (secondary N) is 1. The number of carbonyl (C=O) groups is 2. The molecule has 6 bridgehead atoms. The van der Waals surface area contributed by atoms with Gasteiger partial charge in [0.15, 0.2) is 0 Å². The number of aromatic nitrogens is 2. The Balaban J connectivity index is 1.53. The summed E-state index contributed by atoms with van der Waals surface area (Å²) < 4.78 is 13.9. The van der Waals surface area contributed by atoms with Crippen LogP contribution in [0.1, 0.15) is 50.3 Å². The molecule has 9 heteroatoms. The number of rotatable bonds is 4. The summed E-state index contributed by atoms with van der Waals surface area (Å²) in [5.41, 5.74) is 17.8. The number of carbonyl (C=O) groups excluding carboxylic acids is 2. The molecule has 1 fully saturated rings. The van der Waals surface area contributed by atoms with Crippen molar-refractivity contribution in [1.82, 2.24) is 20.0 Å². The van der Waals surface area contributed by atoms with E-state index in [4.69, 9.17) is 15.2 Å². The van der Waals surface area contributed by atoms with Crippen molar-refractivity contribution in [1.29, 1.82) is 0 Å². The lowest BCUT2D eigenvalue weighted by atomic mass is 9.84. The van der Waals surface area contributed by atoms with Crippen molar-refractivity contribution >= 4 is 22.8 Å². The minimum absolute atomic E-state index is 0.220. The normalized spacial score (nSPS) is 20.6. The second-order valence-corrected chi connectivity index (χ2v) is 13.0. The van der Waals surface area contributed by atoms with Gasteiger partial charge in [0.2, 0.25) is 0 Å². The molecule has 2 aromatic heterocycles. The molecule has 0 aliphatic carbocycles. The number of aryl methyl sites for hydroxylation is 1. The third kappa shape index (κ3) is 6.25. The second-order valence-electron chi connectivity index (χ2n) is 13.0. The number of ether oxygens (including phenoxy) is 2. The fraction of sp³-hybridized carbons (Fsp3) is 0.417. The number of hydrazine groups is 1. The van der Waals surface area contributed by atoms with Crippen LogP contribution in [0.3, 0.4) is 0 Å². The highest BCUT2D eigenvalue weighted by molar-refractivity contribution is 5.95. The Morgan fingerprint density at radius 3 is 2.76 bits per heavy atom. The molecule has 2 aliphatic heterocycles. The molecule has 4 aromatic rings. The summed E-state index contributed by atoms with van der Waals surface area (Å²) in [5, 5.41) is 2.66. The third-order valence-electron chi connectivity index (χ3n) is 8.98. The van der Waals surface area contributed by atoms with Gasteiger partial charge in [0, 0.05) is 54.5 Å². The van der Waals surface area contributed by atoms with Crippen LogP contribution in [-0.4, -0.2) is 58.8 Å². The Kier molecular flexibility index (Phi) is 8.77. The zero-order valence-corrected chi connectivity index (χ0v) is 26.6. The highest BCUT2D eigenvalue weighted by atomic mass is 16.5. The van der Waals surface area contributed by atoms with Gasteiger partial charge in [-0.15, -0.1) is 0 Å². The van der Waals surface area contributed by atoms with Crippen LogP contribution in [0.4, 0.5) is 0 Å². The highest BCUT2D eigenvalue weighted by Gasteiger charge is 2.33. The smallest absolute Gasteiger partial charge is 0.324 e. The van der Waals surface area contributed by atoms with Gasteiger partial charge < -0.3 is 19.8 Å². The van der Waals surface area contributed by atoms with Gasteiger partial charge in [-0.25, -0.2) is 5.43 Å². The quantitative estimate of drug-likeness (QED) is 0.312. The molecule has 236 valence electrons. The van der Waals surface area contributed by atoms with E-state index in [1.54, 1.807) is 13.3 Å². The predicted octanol–water partition coefficient (Wildman–Crippen LogP) is 5.03. The van der Waals surface area contributed by atoms with Crippen molar-refractivity contribution in [2.24, 2.45) is 11.1 Å². The summed E-state index contributed by atoms with van der Waals surface area (Å²) in [6.07, 6.45) is 6.08. The van der Waals surface area contributed by atoms with Crippen LogP contribution in [0.25, 0.3) is 33.3 Å². The number of amides is 1. The van der Waals surface area contributed by atoms with Gasteiger partial charge >= 0.3 is 5.97 Å². The Labute approximate surface area is 264 Å². The van der Waals surface area contributed by atoms with E-state index in [1.165, 1.54) is 10.6 Å². The van der Waals surface area contributed by atoms with Crippen LogP contribution in [0.2, 0.25) is 0 Å². The lowest BCUT2D eigenvalue weighted by molar-refractivity contribution is -0.154. The summed E-state index contributed by atoms with van der Waals surface area (Å²) in [7, 11) is 1.71. The van der Waals surface area contributed by atoms with E-state index in [0.717, 1.165) is 51.0 Å². The zero-order chi connectivity index (χ0) is 31.7. The zero-order valence-electron chi connectivity index (χ0n) is 26.6. The van der Waals surface area contributed by atoms with Crippen molar-refractivity contribution in [2.45, 2.75) is 71.7 Å². The van der Waals surface area contributed by atoms with Gasteiger partial charge in [-0.05, 0) is 78.6 Å². The molecule has 45 heavy (non-hydrogen) atoms. The number of fused-ring (bicyclic) bond motifs is 6. The number of pyridine rings is 1. The monoisotopic (exact) mass is 609 g/mol. The maximum absolute atomic E-state index is 13.3. The lowest BCUT2D eigenvalue weighted by Gasteiger charge is -2.35. The Morgan fingerprint density at radius 1 is 1.13 bits per heavy atom. The van der Waals surface area contributed by atoms with Gasteiger partial charge in [-0.1, -0.05) is 44.2 Å². The summed E-state index contributed by atoms with van der Waals surface area (Å²) in [6.45, 7) is 8.40. The van der Waals surface area contributed by atoms with Crippen molar-refractivity contribution in [2.75, 3.05) is 20.3 Å². The van der Waals surface area contributed by atoms with Gasteiger partial charge in [0.05, 0.1) is 24.9 Å². The largest absolute Gasteiger partial charge is 0.464 e. The molecule has 0 radical (unpaired) electrons. The molecule has 1 amide bonds. The van der Waals surface area contributed by atoms with Crippen molar-refractivity contribution in [3.05, 3.63) is 77.6 Å². The van der Waals surface area contributed by atoms with Gasteiger partial charge in [-0.3, -0.25) is 19.6 Å². The number of cyclic esters (lactones) is 1. The number of benzene rings is 2. The number of esters is 1. The van der Waals surface area contributed by atoms with Crippen molar-refractivity contribution in [3.8, 4) is 22.4 Å². The van der Waals surface area contributed by atoms with Gasteiger partial charge in [-0.2, -0.15) is 0 Å². The summed E-state index contributed by atoms with van der Waals surface area (Å²) >= 11 is 0. The highest BCUT2D eigenvalue weighted by Crippen LogP contribution is 2.41. The summed E-state index contributed by atoms with van der Waals surface area (Å²) in [4.78, 5) is 31.2. The van der Waals surface area contributed by atoms with E-state index in [2.05, 4.69) is 66.1 Å². The lowest BCUT2D eigenvalue weighted by Crippen LogP contribution is -2.59. The third-order valence-corrected chi connectivity index (χ3v) is 8.98. The van der Waals surface area contributed by atoms with Gasteiger partial charge in [0.25, 0.3) is 5.91 Å². The van der Waals surface area contributed by atoms with Crippen LogP contribution >= 0.6 is 0 Å². The van der Waals surface area contributed by atoms with E-state index < -0.39 is 17.5 Å². The topological polar surface area (TPSA) is 112 Å². The predicted molar refractivity (Wildman–Crippen MR) is 175 cm³/mol. The molecule has 0 unspecified atom stereocenters. The fourth-order valence-corrected chi connectivity index (χ4v) is 6.77. The Morgan fingerprint density at radius 2 is 1.96 bits per heavy atom. The molecule has 4 heterocycles. The number of hydrogen-bond donors (Lipinski definition) is 2. The molecule has 9 nitrogen and oxygen atoms in total. The molecular weight excluding hydrogens is 566 g/mol. The first-order valence-electron chi connectivity index (χ1n) is 15.9. The minimum atomic E-state index is -0.739. The van der Waals surface area contributed by atoms with E-state index in [1.807, 2.05) is 24.4 Å². The van der Waals surface area contributed by atoms with Crippen LogP contribution < -0.4 is 11.2 Å². The number of methoxy groups -OCH3 is 1. The van der Waals surface area contributed by atoms with E-state index >= 15 is 0 Å². The van der Waals surface area contributed by atoms with E-state index in [-0.39, 0.29) is 18.5 Å². The molecule has 3 N–H and O–H groups in total. The average Bonchev–Trinajstić information content (AvgIpc) is 3.35. The van der Waals surface area contributed by atoms with E-state index in [9.17, 15) is 9.59 Å². The first-order valence-corrected chi connectivity index (χ1v) is 15.9. The second kappa shape index (κ2) is 12.7. The van der Waals surface area contributed by atoms with Crippen LogP contribution in [-0.2, 0) is 45.1 Å². The molecule has 2 atom stereocenters. The number of nitrogens with zero attached hydrogens (tertiary/aromatic N) is 3. The SMILES string of the molecule is CCn1c(-c2cnccc2COC)c2c3cc(ccc31)-c1cccc(c1)C[C@H](N)C(=O)N1CCC[C@H](N1)C(=O)OCC(C)(C)C2. The van der Waals surface area contributed by atoms with Crippen LogP contribution in [0.5, 0.6) is 0 Å². The maximum atomic E-state index is 13.3. The van der Waals surface area contributed by atoms with Crippen molar-refractivity contribution < 1.29 is 19.1 Å². The molecular formula is C36H43N5O4. The Hall–Kier alpha value is -4.05.